The van der Waals surface area contributed by atoms with Gasteiger partial charge in [-0.1, -0.05) is 30.3 Å². The van der Waals surface area contributed by atoms with Gasteiger partial charge in [-0.25, -0.2) is 0 Å². The molecule has 1 aromatic carbocycles. The van der Waals surface area contributed by atoms with E-state index in [4.69, 9.17) is 0 Å². The number of Topliss-reactive ketones (excluding diaryl/α,β-unsaturated/α-hetero) is 2. The van der Waals surface area contributed by atoms with Gasteiger partial charge in [0.1, 0.15) is 5.78 Å². The second-order valence-corrected chi connectivity index (χ2v) is 4.24. The molecule has 1 saturated carbocycles. The summed E-state index contributed by atoms with van der Waals surface area (Å²) in [6.45, 7) is 2.01. The lowest BCUT2D eigenvalue weighted by atomic mass is 10.1. The summed E-state index contributed by atoms with van der Waals surface area (Å²) in [5.41, 5.74) is 1.13. The third-order valence-electron chi connectivity index (χ3n) is 2.94. The predicted molar refractivity (Wildman–Crippen MR) is 61.0 cm³/mol. The van der Waals surface area contributed by atoms with Crippen LogP contribution in [0.2, 0.25) is 0 Å². The van der Waals surface area contributed by atoms with Crippen LogP contribution in [0.3, 0.4) is 0 Å². The molecule has 0 aromatic heterocycles. The van der Waals surface area contributed by atoms with Crippen LogP contribution in [-0.2, 0) is 9.59 Å². The van der Waals surface area contributed by atoms with Crippen LogP contribution in [0.15, 0.2) is 30.3 Å². The molecule has 0 spiro atoms. The van der Waals surface area contributed by atoms with E-state index in [2.05, 4.69) is 5.32 Å². The Morgan fingerprint density at radius 1 is 1.25 bits per heavy atom. The summed E-state index contributed by atoms with van der Waals surface area (Å²) in [6, 6.07) is 9.73. The summed E-state index contributed by atoms with van der Waals surface area (Å²) in [5.74, 6) is 0.0653. The maximum atomic E-state index is 11.5. The lowest BCUT2D eigenvalue weighted by molar-refractivity contribution is -0.122. The Morgan fingerprint density at radius 2 is 1.94 bits per heavy atom. The van der Waals surface area contributed by atoms with Crippen LogP contribution >= 0.6 is 0 Å². The molecule has 1 N–H and O–H groups in total. The molecule has 3 heteroatoms. The van der Waals surface area contributed by atoms with Gasteiger partial charge in [-0.3, -0.25) is 9.59 Å². The molecule has 0 radical (unpaired) electrons. The Bertz CT molecular complexity index is 400. The minimum absolute atomic E-state index is 0.0211. The van der Waals surface area contributed by atoms with Gasteiger partial charge in [0.15, 0.2) is 5.78 Å². The number of rotatable bonds is 3. The smallest absolute Gasteiger partial charge is 0.157 e. The van der Waals surface area contributed by atoms with Crippen molar-refractivity contribution in [2.45, 2.75) is 31.8 Å². The van der Waals surface area contributed by atoms with E-state index in [9.17, 15) is 9.59 Å². The number of carbonyl (C=O) groups is 2. The molecule has 1 fully saturated rings. The zero-order valence-corrected chi connectivity index (χ0v) is 9.27. The third kappa shape index (κ3) is 2.36. The summed E-state index contributed by atoms with van der Waals surface area (Å²) in [6.07, 6.45) is 0.440. The van der Waals surface area contributed by atoms with E-state index in [1.54, 1.807) is 0 Å². The summed E-state index contributed by atoms with van der Waals surface area (Å²) >= 11 is 0. The van der Waals surface area contributed by atoms with Gasteiger partial charge < -0.3 is 5.32 Å². The maximum Gasteiger partial charge on any atom is 0.157 e. The van der Waals surface area contributed by atoms with E-state index in [0.29, 0.717) is 6.42 Å². The van der Waals surface area contributed by atoms with Crippen molar-refractivity contribution in [3.05, 3.63) is 35.9 Å². The van der Waals surface area contributed by atoms with Gasteiger partial charge >= 0.3 is 0 Å². The van der Waals surface area contributed by atoms with Crippen LogP contribution < -0.4 is 5.32 Å². The first-order chi connectivity index (χ1) is 7.66. The topological polar surface area (TPSA) is 46.2 Å². The van der Waals surface area contributed by atoms with E-state index in [1.807, 2.05) is 37.3 Å². The van der Waals surface area contributed by atoms with Gasteiger partial charge in [0.2, 0.25) is 0 Å². The summed E-state index contributed by atoms with van der Waals surface area (Å²) in [4.78, 5) is 22.6. The van der Waals surface area contributed by atoms with Gasteiger partial charge in [-0.15, -0.1) is 0 Å². The molecule has 1 aliphatic carbocycles. The number of benzene rings is 1. The molecule has 0 bridgehead atoms. The van der Waals surface area contributed by atoms with Gasteiger partial charge in [0.05, 0.1) is 12.5 Å². The zero-order chi connectivity index (χ0) is 11.5. The van der Waals surface area contributed by atoms with E-state index < -0.39 is 0 Å². The second-order valence-electron chi connectivity index (χ2n) is 4.24. The van der Waals surface area contributed by atoms with Crippen molar-refractivity contribution >= 4 is 11.6 Å². The van der Waals surface area contributed by atoms with E-state index in [0.717, 1.165) is 5.56 Å². The third-order valence-corrected chi connectivity index (χ3v) is 2.94. The quantitative estimate of drug-likeness (QED) is 0.783. The number of carbonyl (C=O) groups excluding carboxylic acids is 2. The van der Waals surface area contributed by atoms with E-state index >= 15 is 0 Å². The van der Waals surface area contributed by atoms with Crippen LogP contribution in [0.4, 0.5) is 0 Å². The minimum Gasteiger partial charge on any atom is -0.300 e. The predicted octanol–water partition coefficient (Wildman–Crippen LogP) is 1.64. The highest BCUT2D eigenvalue weighted by Gasteiger charge is 2.31. The Balaban J connectivity index is 2.00. The van der Waals surface area contributed by atoms with Crippen molar-refractivity contribution in [2.24, 2.45) is 0 Å². The van der Waals surface area contributed by atoms with Crippen molar-refractivity contribution in [3.8, 4) is 0 Å². The normalized spacial score (nSPS) is 22.4. The molecule has 84 valence electrons. The molecule has 16 heavy (non-hydrogen) atoms. The summed E-state index contributed by atoms with van der Waals surface area (Å²) < 4.78 is 0. The highest BCUT2D eigenvalue weighted by atomic mass is 16.2. The molecular formula is C13H15NO2. The molecule has 0 saturated heterocycles. The number of ketones is 2. The highest BCUT2D eigenvalue weighted by molar-refractivity contribution is 6.08. The Morgan fingerprint density at radius 3 is 2.50 bits per heavy atom. The molecule has 3 nitrogen and oxygen atoms in total. The molecular weight excluding hydrogens is 202 g/mol. The Kier molecular flexibility index (Phi) is 3.15. The Hall–Kier alpha value is -1.48. The minimum atomic E-state index is -0.289. The molecule has 0 aliphatic heterocycles. The molecule has 1 aliphatic rings. The average Bonchev–Trinajstić information content (AvgIpc) is 2.59. The average molecular weight is 217 g/mol. The molecule has 2 unspecified atom stereocenters. The fourth-order valence-corrected chi connectivity index (χ4v) is 2.02. The first-order valence-electron chi connectivity index (χ1n) is 5.52. The fraction of sp³-hybridized carbons (Fsp3) is 0.385. The Labute approximate surface area is 94.9 Å². The molecule has 2 rings (SSSR count). The van der Waals surface area contributed by atoms with Crippen molar-refractivity contribution in [1.82, 2.24) is 5.32 Å². The summed E-state index contributed by atoms with van der Waals surface area (Å²) in [7, 11) is 0. The van der Waals surface area contributed by atoms with Gasteiger partial charge in [0, 0.05) is 12.5 Å². The molecule has 2 atom stereocenters. The van der Waals surface area contributed by atoms with Crippen LogP contribution in [0.1, 0.15) is 31.4 Å². The molecule has 0 amide bonds. The van der Waals surface area contributed by atoms with E-state index in [1.165, 1.54) is 0 Å². The van der Waals surface area contributed by atoms with Gasteiger partial charge in [0.25, 0.3) is 0 Å². The van der Waals surface area contributed by atoms with Crippen LogP contribution in [0.5, 0.6) is 0 Å². The number of nitrogens with one attached hydrogen (secondary N) is 1. The summed E-state index contributed by atoms with van der Waals surface area (Å²) in [5, 5.41) is 3.20. The molecule has 1 aromatic rings. The second kappa shape index (κ2) is 4.58. The lowest BCUT2D eigenvalue weighted by Gasteiger charge is -2.18. The van der Waals surface area contributed by atoms with E-state index in [-0.39, 0.29) is 30.1 Å². The van der Waals surface area contributed by atoms with Crippen molar-refractivity contribution < 1.29 is 9.59 Å². The van der Waals surface area contributed by atoms with Crippen molar-refractivity contribution in [2.75, 3.05) is 0 Å². The van der Waals surface area contributed by atoms with Crippen molar-refractivity contribution in [1.29, 1.82) is 0 Å². The van der Waals surface area contributed by atoms with Crippen LogP contribution in [-0.4, -0.2) is 17.6 Å². The van der Waals surface area contributed by atoms with Crippen molar-refractivity contribution in [3.63, 3.8) is 0 Å². The first-order valence-corrected chi connectivity index (χ1v) is 5.52. The molecule has 0 heterocycles. The lowest BCUT2D eigenvalue weighted by Crippen LogP contribution is -2.34. The first kappa shape index (κ1) is 11.0. The fourth-order valence-electron chi connectivity index (χ4n) is 2.02. The standard InChI is InChI=1S/C13H15NO2/c1-9(10-5-3-2-4-6-10)14-12-7-11(15)8-13(12)16/h2-6,9,12,14H,7-8H2,1H3. The largest absolute Gasteiger partial charge is 0.300 e. The zero-order valence-electron chi connectivity index (χ0n) is 9.27. The monoisotopic (exact) mass is 217 g/mol. The maximum absolute atomic E-state index is 11.5. The van der Waals surface area contributed by atoms with Crippen LogP contribution in [0, 0.1) is 0 Å². The number of hydrogen-bond donors (Lipinski definition) is 1. The van der Waals surface area contributed by atoms with Gasteiger partial charge in [-0.2, -0.15) is 0 Å². The van der Waals surface area contributed by atoms with Gasteiger partial charge in [-0.05, 0) is 12.5 Å². The SMILES string of the molecule is CC(NC1CC(=O)CC1=O)c1ccccc1. The van der Waals surface area contributed by atoms with Crippen LogP contribution in [0.25, 0.3) is 0 Å². The highest BCUT2D eigenvalue weighted by Crippen LogP contribution is 2.17. The number of hydrogen-bond acceptors (Lipinski definition) is 3.